The molecule has 0 amide bonds. The summed E-state index contributed by atoms with van der Waals surface area (Å²) >= 11 is 0. The van der Waals surface area contributed by atoms with Crippen molar-refractivity contribution in [1.82, 2.24) is 10.6 Å². The molecule has 0 unspecified atom stereocenters. The van der Waals surface area contributed by atoms with Gasteiger partial charge in [0.05, 0.1) is 12.4 Å². The van der Waals surface area contributed by atoms with Gasteiger partial charge < -0.3 is 10.6 Å². The summed E-state index contributed by atoms with van der Waals surface area (Å²) in [7, 11) is 0. The summed E-state index contributed by atoms with van der Waals surface area (Å²) in [6, 6.07) is 0. The monoisotopic (exact) mass is 363 g/mol. The normalized spacial score (nSPS) is 14.1. The Morgan fingerprint density at radius 2 is 1.42 bits per heavy atom. The molecule has 1 aliphatic rings. The Hall–Kier alpha value is -0.830. The maximum Gasteiger partial charge on any atom is 0.0977 e. The van der Waals surface area contributed by atoms with E-state index in [1.807, 2.05) is 0 Å². The Morgan fingerprint density at radius 3 is 2.04 bits per heavy atom. The second-order valence-corrected chi connectivity index (χ2v) is 7.69. The topological polar surface area (TPSA) is 36.4 Å². The quantitative estimate of drug-likeness (QED) is 0.218. The SMILES string of the molecule is CCCCCCCCC=CCCCCCCCCNCCC1=NCCN1. The van der Waals surface area contributed by atoms with Gasteiger partial charge >= 0.3 is 0 Å². The molecule has 0 radical (unpaired) electrons. The lowest BCUT2D eigenvalue weighted by molar-refractivity contribution is 0.569. The van der Waals surface area contributed by atoms with Crippen molar-refractivity contribution >= 4 is 5.84 Å². The van der Waals surface area contributed by atoms with Crippen LogP contribution in [0.25, 0.3) is 0 Å². The zero-order chi connectivity index (χ0) is 18.5. The smallest absolute Gasteiger partial charge is 0.0977 e. The third-order valence-corrected chi connectivity index (χ3v) is 5.15. The minimum Gasteiger partial charge on any atom is -0.372 e. The van der Waals surface area contributed by atoms with E-state index in [9.17, 15) is 0 Å². The molecule has 0 saturated carbocycles. The van der Waals surface area contributed by atoms with Crippen molar-refractivity contribution in [3.63, 3.8) is 0 Å². The number of unbranched alkanes of at least 4 members (excludes halogenated alkanes) is 12. The lowest BCUT2D eigenvalue weighted by Gasteiger charge is -2.05. The maximum absolute atomic E-state index is 4.41. The average Bonchev–Trinajstić information content (AvgIpc) is 3.17. The molecule has 0 fully saturated rings. The van der Waals surface area contributed by atoms with Crippen LogP contribution in [0.15, 0.2) is 17.1 Å². The van der Waals surface area contributed by atoms with Crippen LogP contribution in [0.5, 0.6) is 0 Å². The fourth-order valence-corrected chi connectivity index (χ4v) is 3.44. The molecule has 1 heterocycles. The van der Waals surface area contributed by atoms with E-state index in [1.165, 1.54) is 95.7 Å². The van der Waals surface area contributed by atoms with Gasteiger partial charge in [0.25, 0.3) is 0 Å². The van der Waals surface area contributed by atoms with Gasteiger partial charge in [0.15, 0.2) is 0 Å². The van der Waals surface area contributed by atoms with Gasteiger partial charge in [0.2, 0.25) is 0 Å². The van der Waals surface area contributed by atoms with E-state index in [0.717, 1.165) is 32.6 Å². The Morgan fingerprint density at radius 1 is 0.808 bits per heavy atom. The van der Waals surface area contributed by atoms with E-state index in [1.54, 1.807) is 0 Å². The largest absolute Gasteiger partial charge is 0.372 e. The highest BCUT2D eigenvalue weighted by molar-refractivity contribution is 5.83. The molecule has 3 heteroatoms. The average molecular weight is 364 g/mol. The van der Waals surface area contributed by atoms with Gasteiger partial charge in [-0.2, -0.15) is 0 Å². The van der Waals surface area contributed by atoms with E-state index in [4.69, 9.17) is 0 Å². The summed E-state index contributed by atoms with van der Waals surface area (Å²) in [6.07, 6.45) is 25.2. The molecule has 0 spiro atoms. The maximum atomic E-state index is 4.41. The summed E-state index contributed by atoms with van der Waals surface area (Å²) in [6.45, 7) is 6.51. The first-order chi connectivity index (χ1) is 12.9. The van der Waals surface area contributed by atoms with Crippen LogP contribution in [-0.4, -0.2) is 32.0 Å². The fraction of sp³-hybridized carbons (Fsp3) is 0.870. The number of hydrogen-bond donors (Lipinski definition) is 2. The highest BCUT2D eigenvalue weighted by Crippen LogP contribution is 2.09. The Balaban J connectivity index is 1.68. The van der Waals surface area contributed by atoms with Gasteiger partial charge in [-0.1, -0.05) is 76.9 Å². The molecule has 0 aliphatic carbocycles. The molecule has 0 saturated heterocycles. The lowest BCUT2D eigenvalue weighted by Crippen LogP contribution is -2.25. The number of hydrogen-bond acceptors (Lipinski definition) is 3. The van der Waals surface area contributed by atoms with Crippen molar-refractivity contribution in [1.29, 1.82) is 0 Å². The van der Waals surface area contributed by atoms with Gasteiger partial charge in [-0.3, -0.25) is 4.99 Å². The van der Waals surface area contributed by atoms with Crippen LogP contribution in [0.3, 0.4) is 0 Å². The fourth-order valence-electron chi connectivity index (χ4n) is 3.44. The van der Waals surface area contributed by atoms with Crippen molar-refractivity contribution in [2.45, 2.75) is 103 Å². The molecular weight excluding hydrogens is 318 g/mol. The van der Waals surface area contributed by atoms with Gasteiger partial charge in [-0.25, -0.2) is 0 Å². The highest BCUT2D eigenvalue weighted by atomic mass is 15.1. The van der Waals surface area contributed by atoms with Crippen LogP contribution in [0, 0.1) is 0 Å². The molecular formula is C23H45N3. The second kappa shape index (κ2) is 18.9. The molecule has 0 aromatic carbocycles. The van der Waals surface area contributed by atoms with Crippen LogP contribution in [-0.2, 0) is 0 Å². The first-order valence-corrected chi connectivity index (χ1v) is 11.6. The van der Waals surface area contributed by atoms with Gasteiger partial charge in [-0.05, 0) is 38.6 Å². The van der Waals surface area contributed by atoms with Crippen LogP contribution < -0.4 is 10.6 Å². The van der Waals surface area contributed by atoms with Crippen molar-refractivity contribution in [3.05, 3.63) is 12.2 Å². The highest BCUT2D eigenvalue weighted by Gasteiger charge is 2.03. The van der Waals surface area contributed by atoms with E-state index < -0.39 is 0 Å². The van der Waals surface area contributed by atoms with Crippen molar-refractivity contribution in [3.8, 4) is 0 Å². The van der Waals surface area contributed by atoms with Crippen LogP contribution in [0.1, 0.15) is 103 Å². The number of nitrogens with one attached hydrogen (secondary N) is 2. The Kier molecular flexibility index (Phi) is 16.9. The first-order valence-electron chi connectivity index (χ1n) is 11.6. The van der Waals surface area contributed by atoms with Crippen molar-refractivity contribution < 1.29 is 0 Å². The third-order valence-electron chi connectivity index (χ3n) is 5.15. The van der Waals surface area contributed by atoms with Crippen LogP contribution >= 0.6 is 0 Å². The minimum absolute atomic E-state index is 0.963. The zero-order valence-corrected chi connectivity index (χ0v) is 17.5. The number of rotatable bonds is 19. The molecule has 152 valence electrons. The van der Waals surface area contributed by atoms with E-state index in [0.29, 0.717) is 0 Å². The number of allylic oxidation sites excluding steroid dienone is 2. The first kappa shape index (κ1) is 23.2. The molecule has 26 heavy (non-hydrogen) atoms. The van der Waals surface area contributed by atoms with Gasteiger partial charge in [0, 0.05) is 19.5 Å². The molecule has 0 atom stereocenters. The Bertz CT molecular complexity index is 349. The molecule has 1 rings (SSSR count). The molecule has 1 aliphatic heterocycles. The van der Waals surface area contributed by atoms with Crippen LogP contribution in [0.4, 0.5) is 0 Å². The standard InChI is InChI=1S/C23H45N3/c1-2-3-4-5-6-7-8-9-10-11-12-13-14-15-16-17-19-24-20-18-23-25-21-22-26-23/h9-10,24H,2-8,11-22H2,1H3,(H,25,26). The zero-order valence-electron chi connectivity index (χ0n) is 17.5. The third kappa shape index (κ3) is 15.4. The van der Waals surface area contributed by atoms with Gasteiger partial charge in [0.1, 0.15) is 0 Å². The molecule has 0 aromatic heterocycles. The summed E-state index contributed by atoms with van der Waals surface area (Å²) < 4.78 is 0. The summed E-state index contributed by atoms with van der Waals surface area (Å²) in [4.78, 5) is 4.41. The molecule has 3 nitrogen and oxygen atoms in total. The molecule has 0 aromatic rings. The molecule has 2 N–H and O–H groups in total. The van der Waals surface area contributed by atoms with E-state index in [-0.39, 0.29) is 0 Å². The summed E-state index contributed by atoms with van der Waals surface area (Å²) in [5.74, 6) is 1.19. The Labute approximate surface area is 163 Å². The summed E-state index contributed by atoms with van der Waals surface area (Å²) in [5, 5.41) is 6.85. The molecule has 0 bridgehead atoms. The van der Waals surface area contributed by atoms with E-state index >= 15 is 0 Å². The second-order valence-electron chi connectivity index (χ2n) is 7.69. The van der Waals surface area contributed by atoms with Crippen LogP contribution in [0.2, 0.25) is 0 Å². The predicted octanol–water partition coefficient (Wildman–Crippen LogP) is 6.01. The van der Waals surface area contributed by atoms with E-state index in [2.05, 4.69) is 34.7 Å². The van der Waals surface area contributed by atoms with Gasteiger partial charge in [-0.15, -0.1) is 0 Å². The minimum atomic E-state index is 0.963. The lowest BCUT2D eigenvalue weighted by atomic mass is 10.1. The predicted molar refractivity (Wildman–Crippen MR) is 117 cm³/mol. The number of nitrogens with zero attached hydrogens (tertiary/aromatic N) is 1. The van der Waals surface area contributed by atoms with Crippen molar-refractivity contribution in [2.24, 2.45) is 4.99 Å². The number of aliphatic imine (C=N–C) groups is 1. The number of amidine groups is 1. The summed E-state index contributed by atoms with van der Waals surface area (Å²) in [5.41, 5.74) is 0. The van der Waals surface area contributed by atoms with Crippen molar-refractivity contribution in [2.75, 3.05) is 26.2 Å².